The Morgan fingerprint density at radius 1 is 1.21 bits per heavy atom. The van der Waals surface area contributed by atoms with E-state index in [0.717, 1.165) is 31.5 Å². The van der Waals surface area contributed by atoms with Crippen molar-refractivity contribution >= 4 is 0 Å². The SMILES string of the molecule is CC1CN(C2(CN)CCCC(C3CC3)C2)CCCO1. The molecule has 3 nitrogen and oxygen atoms in total. The van der Waals surface area contributed by atoms with Gasteiger partial charge < -0.3 is 10.5 Å². The van der Waals surface area contributed by atoms with E-state index in [1.165, 1.54) is 51.5 Å². The number of nitrogens with two attached hydrogens (primary N) is 1. The maximum absolute atomic E-state index is 6.27. The van der Waals surface area contributed by atoms with Gasteiger partial charge in [0.05, 0.1) is 6.10 Å². The molecule has 110 valence electrons. The third kappa shape index (κ3) is 2.98. The van der Waals surface area contributed by atoms with Crippen molar-refractivity contribution < 1.29 is 4.74 Å². The molecule has 0 aromatic rings. The van der Waals surface area contributed by atoms with Crippen molar-refractivity contribution in [1.82, 2.24) is 4.90 Å². The van der Waals surface area contributed by atoms with Crippen molar-refractivity contribution in [2.45, 2.75) is 63.5 Å². The molecule has 0 amide bonds. The molecule has 1 saturated heterocycles. The van der Waals surface area contributed by atoms with E-state index in [0.29, 0.717) is 6.10 Å². The molecule has 19 heavy (non-hydrogen) atoms. The van der Waals surface area contributed by atoms with Gasteiger partial charge in [-0.25, -0.2) is 0 Å². The third-order valence-corrected chi connectivity index (χ3v) is 5.65. The molecule has 1 heterocycles. The maximum Gasteiger partial charge on any atom is 0.0674 e. The average molecular weight is 266 g/mol. The van der Waals surface area contributed by atoms with Gasteiger partial charge in [-0.15, -0.1) is 0 Å². The predicted molar refractivity (Wildman–Crippen MR) is 78.1 cm³/mol. The molecule has 3 atom stereocenters. The first-order valence-corrected chi connectivity index (χ1v) is 8.30. The quantitative estimate of drug-likeness (QED) is 0.852. The van der Waals surface area contributed by atoms with Crippen molar-refractivity contribution in [2.75, 3.05) is 26.2 Å². The van der Waals surface area contributed by atoms with Crippen molar-refractivity contribution in [2.24, 2.45) is 17.6 Å². The van der Waals surface area contributed by atoms with Crippen molar-refractivity contribution in [3.05, 3.63) is 0 Å². The Kier molecular flexibility index (Phi) is 4.16. The summed E-state index contributed by atoms with van der Waals surface area (Å²) >= 11 is 0. The summed E-state index contributed by atoms with van der Waals surface area (Å²) in [7, 11) is 0. The second-order valence-corrected chi connectivity index (χ2v) is 7.10. The Bertz CT molecular complexity index is 305. The van der Waals surface area contributed by atoms with Crippen LogP contribution in [0.4, 0.5) is 0 Å². The summed E-state index contributed by atoms with van der Waals surface area (Å²) in [5.74, 6) is 1.99. The molecule has 0 bridgehead atoms. The summed E-state index contributed by atoms with van der Waals surface area (Å²) in [5.41, 5.74) is 6.55. The van der Waals surface area contributed by atoms with Gasteiger partial charge in [-0.3, -0.25) is 4.90 Å². The summed E-state index contributed by atoms with van der Waals surface area (Å²) in [4.78, 5) is 2.69. The van der Waals surface area contributed by atoms with Gasteiger partial charge in [0, 0.05) is 31.8 Å². The van der Waals surface area contributed by atoms with Crippen LogP contribution in [0.1, 0.15) is 51.9 Å². The highest BCUT2D eigenvalue weighted by Gasteiger charge is 2.44. The van der Waals surface area contributed by atoms with E-state index in [1.807, 2.05) is 0 Å². The van der Waals surface area contributed by atoms with E-state index in [2.05, 4.69) is 11.8 Å². The van der Waals surface area contributed by atoms with Gasteiger partial charge in [-0.2, -0.15) is 0 Å². The summed E-state index contributed by atoms with van der Waals surface area (Å²) in [6.45, 7) is 6.23. The van der Waals surface area contributed by atoms with Gasteiger partial charge in [0.1, 0.15) is 0 Å². The molecule has 0 aromatic carbocycles. The standard InChI is InChI=1S/C16H30N2O/c1-13-11-18(8-3-9-19-13)16(12-17)7-2-4-15(10-16)14-5-6-14/h13-15H,2-12,17H2,1H3. The molecule has 0 aromatic heterocycles. The highest BCUT2D eigenvalue weighted by molar-refractivity contribution is 5.00. The molecular formula is C16H30N2O. The van der Waals surface area contributed by atoms with E-state index in [4.69, 9.17) is 10.5 Å². The van der Waals surface area contributed by atoms with E-state index in [1.54, 1.807) is 0 Å². The number of rotatable bonds is 3. The third-order valence-electron chi connectivity index (χ3n) is 5.65. The summed E-state index contributed by atoms with van der Waals surface area (Å²) in [6.07, 6.45) is 9.97. The fourth-order valence-corrected chi connectivity index (χ4v) is 4.38. The van der Waals surface area contributed by atoms with E-state index < -0.39 is 0 Å². The van der Waals surface area contributed by atoms with E-state index >= 15 is 0 Å². The van der Waals surface area contributed by atoms with Gasteiger partial charge in [0.25, 0.3) is 0 Å². The lowest BCUT2D eigenvalue weighted by molar-refractivity contribution is 0.00663. The second kappa shape index (κ2) is 5.71. The topological polar surface area (TPSA) is 38.5 Å². The lowest BCUT2D eigenvalue weighted by Gasteiger charge is -2.48. The molecule has 0 spiro atoms. The summed E-state index contributed by atoms with van der Waals surface area (Å²) < 4.78 is 5.82. The first-order valence-electron chi connectivity index (χ1n) is 8.30. The molecule has 3 aliphatic rings. The molecule has 3 heteroatoms. The highest BCUT2D eigenvalue weighted by Crippen LogP contribution is 2.48. The van der Waals surface area contributed by atoms with Gasteiger partial charge in [-0.05, 0) is 50.9 Å². The van der Waals surface area contributed by atoms with Crippen LogP contribution in [0, 0.1) is 11.8 Å². The van der Waals surface area contributed by atoms with Crippen LogP contribution >= 0.6 is 0 Å². The molecule has 1 aliphatic heterocycles. The van der Waals surface area contributed by atoms with Crippen molar-refractivity contribution in [3.8, 4) is 0 Å². The van der Waals surface area contributed by atoms with Crippen LogP contribution in [-0.2, 0) is 4.74 Å². The average Bonchev–Trinajstić information content (AvgIpc) is 3.26. The van der Waals surface area contributed by atoms with E-state index in [9.17, 15) is 0 Å². The first-order chi connectivity index (χ1) is 9.23. The molecule has 3 rings (SSSR count). The van der Waals surface area contributed by atoms with E-state index in [-0.39, 0.29) is 5.54 Å². The Labute approximate surface area is 117 Å². The Balaban J connectivity index is 1.72. The van der Waals surface area contributed by atoms with Crippen molar-refractivity contribution in [1.29, 1.82) is 0 Å². The fourth-order valence-electron chi connectivity index (χ4n) is 4.38. The Hall–Kier alpha value is -0.120. The van der Waals surface area contributed by atoms with Crippen LogP contribution in [0.2, 0.25) is 0 Å². The molecule has 0 radical (unpaired) electrons. The minimum absolute atomic E-state index is 0.285. The van der Waals surface area contributed by atoms with Gasteiger partial charge >= 0.3 is 0 Å². The maximum atomic E-state index is 6.27. The molecule has 2 aliphatic carbocycles. The molecule has 3 fully saturated rings. The number of nitrogens with zero attached hydrogens (tertiary/aromatic N) is 1. The van der Waals surface area contributed by atoms with Gasteiger partial charge in [0.2, 0.25) is 0 Å². The number of hydrogen-bond donors (Lipinski definition) is 1. The predicted octanol–water partition coefficient (Wildman–Crippen LogP) is 2.39. The zero-order valence-corrected chi connectivity index (χ0v) is 12.4. The normalized spacial score (nSPS) is 42.0. The fraction of sp³-hybridized carbons (Fsp3) is 1.00. The number of hydrogen-bond acceptors (Lipinski definition) is 3. The minimum atomic E-state index is 0.285. The van der Waals surface area contributed by atoms with Gasteiger partial charge in [0.15, 0.2) is 0 Å². The lowest BCUT2D eigenvalue weighted by atomic mass is 9.72. The van der Waals surface area contributed by atoms with Crippen molar-refractivity contribution in [3.63, 3.8) is 0 Å². The Morgan fingerprint density at radius 3 is 2.79 bits per heavy atom. The second-order valence-electron chi connectivity index (χ2n) is 7.10. The number of ether oxygens (including phenoxy) is 1. The van der Waals surface area contributed by atoms with Crippen LogP contribution in [-0.4, -0.2) is 42.8 Å². The monoisotopic (exact) mass is 266 g/mol. The summed E-state index contributed by atoms with van der Waals surface area (Å²) in [5, 5.41) is 0. The van der Waals surface area contributed by atoms with Crippen LogP contribution in [0.5, 0.6) is 0 Å². The van der Waals surface area contributed by atoms with Crippen LogP contribution in [0.15, 0.2) is 0 Å². The molecule has 2 N–H and O–H groups in total. The molecule has 2 saturated carbocycles. The smallest absolute Gasteiger partial charge is 0.0674 e. The Morgan fingerprint density at radius 2 is 2.05 bits per heavy atom. The molecule has 3 unspecified atom stereocenters. The largest absolute Gasteiger partial charge is 0.377 e. The van der Waals surface area contributed by atoms with Crippen LogP contribution < -0.4 is 5.73 Å². The zero-order valence-electron chi connectivity index (χ0n) is 12.4. The van der Waals surface area contributed by atoms with Crippen LogP contribution in [0.3, 0.4) is 0 Å². The van der Waals surface area contributed by atoms with Gasteiger partial charge in [-0.1, -0.05) is 12.8 Å². The summed E-state index contributed by atoms with van der Waals surface area (Å²) in [6, 6.07) is 0. The zero-order chi connectivity index (χ0) is 13.3. The minimum Gasteiger partial charge on any atom is -0.377 e. The lowest BCUT2D eigenvalue weighted by Crippen LogP contribution is -2.58. The first kappa shape index (κ1) is 13.8. The molecular weight excluding hydrogens is 236 g/mol. The highest BCUT2D eigenvalue weighted by atomic mass is 16.5. The van der Waals surface area contributed by atoms with Crippen LogP contribution in [0.25, 0.3) is 0 Å².